The smallest absolute Gasteiger partial charge is 0.0571 e. The Morgan fingerprint density at radius 2 is 1.50 bits per heavy atom. The maximum absolute atomic E-state index is 3.23. The Bertz CT molecular complexity index is 437. The highest BCUT2D eigenvalue weighted by Crippen LogP contribution is 2.16. The van der Waals surface area contributed by atoms with Gasteiger partial charge in [-0.15, -0.1) is 0 Å². The highest BCUT2D eigenvalue weighted by molar-refractivity contribution is 5.56. The Hall–Kier alpha value is -1.96. The minimum absolute atomic E-state index is 1.03. The van der Waals surface area contributed by atoms with Crippen LogP contribution in [0.15, 0.2) is 54.6 Å². The van der Waals surface area contributed by atoms with Gasteiger partial charge < -0.3 is 10.9 Å². The lowest BCUT2D eigenvalue weighted by Gasteiger charge is -2.12. The van der Waals surface area contributed by atoms with Crippen LogP contribution >= 0.6 is 0 Å². The molecule has 0 saturated heterocycles. The van der Waals surface area contributed by atoms with Crippen LogP contribution < -0.4 is 10.9 Å². The first-order valence-electron chi connectivity index (χ1n) is 5.55. The number of rotatable bonds is 4. The summed E-state index contributed by atoms with van der Waals surface area (Å²) in [6, 6.07) is 18.4. The summed E-state index contributed by atoms with van der Waals surface area (Å²) in [5.74, 6) is 0. The van der Waals surface area contributed by atoms with Crippen molar-refractivity contribution in [2.45, 2.75) is 13.3 Å². The van der Waals surface area contributed by atoms with E-state index in [1.54, 1.807) is 0 Å². The minimum Gasteiger partial charge on any atom is -0.301 e. The van der Waals surface area contributed by atoms with Crippen LogP contribution in [0.5, 0.6) is 0 Å². The molecule has 2 nitrogen and oxygen atoms in total. The van der Waals surface area contributed by atoms with E-state index in [0.717, 1.165) is 17.8 Å². The quantitative estimate of drug-likeness (QED) is 0.755. The molecule has 0 fully saturated rings. The first-order valence-corrected chi connectivity index (χ1v) is 5.55. The largest absolute Gasteiger partial charge is 0.301 e. The summed E-state index contributed by atoms with van der Waals surface area (Å²) in [7, 11) is 0. The van der Waals surface area contributed by atoms with Crippen LogP contribution in [0.25, 0.3) is 0 Å². The predicted octanol–water partition coefficient (Wildman–Crippen LogP) is 3.69. The van der Waals surface area contributed by atoms with E-state index in [4.69, 9.17) is 0 Å². The Morgan fingerprint density at radius 3 is 2.25 bits per heavy atom. The molecule has 82 valence electrons. The van der Waals surface area contributed by atoms with E-state index < -0.39 is 0 Å². The third-order valence-corrected chi connectivity index (χ3v) is 2.51. The fourth-order valence-corrected chi connectivity index (χ4v) is 1.61. The van der Waals surface area contributed by atoms with E-state index in [0.29, 0.717) is 0 Å². The fraction of sp³-hybridized carbons (Fsp3) is 0.143. The van der Waals surface area contributed by atoms with Crippen LogP contribution in [-0.2, 0) is 6.42 Å². The molecule has 2 aromatic carbocycles. The summed E-state index contributed by atoms with van der Waals surface area (Å²) in [6.45, 7) is 2.16. The number of benzene rings is 2. The second kappa shape index (κ2) is 5.21. The molecule has 0 heterocycles. The van der Waals surface area contributed by atoms with Crippen molar-refractivity contribution >= 4 is 11.4 Å². The molecule has 0 amide bonds. The van der Waals surface area contributed by atoms with E-state index in [2.05, 4.69) is 36.0 Å². The van der Waals surface area contributed by atoms with Gasteiger partial charge in [-0.1, -0.05) is 43.3 Å². The summed E-state index contributed by atoms with van der Waals surface area (Å²) in [5, 5.41) is 0. The molecule has 0 aliphatic rings. The monoisotopic (exact) mass is 212 g/mol. The normalized spacial score (nSPS) is 9.81. The summed E-state index contributed by atoms with van der Waals surface area (Å²) < 4.78 is 0. The molecule has 0 atom stereocenters. The van der Waals surface area contributed by atoms with Crippen molar-refractivity contribution in [2.24, 2.45) is 0 Å². The van der Waals surface area contributed by atoms with Gasteiger partial charge in [0.2, 0.25) is 0 Å². The molecule has 0 unspecified atom stereocenters. The second-order valence-corrected chi connectivity index (χ2v) is 3.63. The van der Waals surface area contributed by atoms with Gasteiger partial charge in [-0.2, -0.15) is 0 Å². The van der Waals surface area contributed by atoms with E-state index in [-0.39, 0.29) is 0 Å². The molecule has 2 aromatic rings. The molecule has 0 aliphatic carbocycles. The van der Waals surface area contributed by atoms with Crippen LogP contribution in [0.3, 0.4) is 0 Å². The van der Waals surface area contributed by atoms with Crippen LogP contribution in [0.1, 0.15) is 12.5 Å². The average Bonchev–Trinajstić information content (AvgIpc) is 2.38. The van der Waals surface area contributed by atoms with Gasteiger partial charge >= 0.3 is 0 Å². The molecular formula is C14H16N2. The summed E-state index contributed by atoms with van der Waals surface area (Å²) in [6.07, 6.45) is 1.03. The highest BCUT2D eigenvalue weighted by atomic mass is 15.4. The standard InChI is InChI=1S/C14H16N2/c1-2-12-8-6-7-11-14(12)16-15-13-9-4-3-5-10-13/h3-11,15-16H,2H2,1H3. The van der Waals surface area contributed by atoms with Crippen molar-refractivity contribution < 1.29 is 0 Å². The fourth-order valence-electron chi connectivity index (χ4n) is 1.61. The number of hydrazine groups is 1. The molecule has 0 saturated carbocycles. The third-order valence-electron chi connectivity index (χ3n) is 2.51. The van der Waals surface area contributed by atoms with Gasteiger partial charge in [-0.25, -0.2) is 0 Å². The van der Waals surface area contributed by atoms with Crippen molar-refractivity contribution in [1.82, 2.24) is 0 Å². The Labute approximate surface area is 96.3 Å². The third kappa shape index (κ3) is 2.54. The first kappa shape index (κ1) is 10.6. The van der Waals surface area contributed by atoms with Gasteiger partial charge in [0.05, 0.1) is 11.4 Å². The van der Waals surface area contributed by atoms with E-state index >= 15 is 0 Å². The molecule has 2 N–H and O–H groups in total. The molecule has 2 heteroatoms. The molecule has 16 heavy (non-hydrogen) atoms. The SMILES string of the molecule is CCc1ccccc1NNc1ccccc1. The Balaban J connectivity index is 2.05. The van der Waals surface area contributed by atoms with Crippen molar-refractivity contribution in [3.05, 3.63) is 60.2 Å². The molecular weight excluding hydrogens is 196 g/mol. The van der Waals surface area contributed by atoms with Crippen LogP contribution in [0, 0.1) is 0 Å². The van der Waals surface area contributed by atoms with Gasteiger partial charge in [-0.3, -0.25) is 0 Å². The van der Waals surface area contributed by atoms with E-state index in [1.165, 1.54) is 5.56 Å². The topological polar surface area (TPSA) is 24.1 Å². The lowest BCUT2D eigenvalue weighted by molar-refractivity contribution is 1.13. The lowest BCUT2D eigenvalue weighted by Crippen LogP contribution is -2.09. The zero-order chi connectivity index (χ0) is 11.2. The summed E-state index contributed by atoms with van der Waals surface area (Å²) >= 11 is 0. The maximum Gasteiger partial charge on any atom is 0.0571 e. The minimum atomic E-state index is 1.03. The van der Waals surface area contributed by atoms with Gasteiger partial charge in [0.25, 0.3) is 0 Å². The molecule has 0 bridgehead atoms. The molecule has 2 rings (SSSR count). The van der Waals surface area contributed by atoms with E-state index in [1.807, 2.05) is 36.4 Å². The highest BCUT2D eigenvalue weighted by Gasteiger charge is 1.97. The second-order valence-electron chi connectivity index (χ2n) is 3.63. The average molecular weight is 212 g/mol. The van der Waals surface area contributed by atoms with Crippen molar-refractivity contribution in [3.63, 3.8) is 0 Å². The van der Waals surface area contributed by atoms with Crippen molar-refractivity contribution in [2.75, 3.05) is 10.9 Å². The molecule has 0 aromatic heterocycles. The predicted molar refractivity (Wildman–Crippen MR) is 69.5 cm³/mol. The first-order chi connectivity index (χ1) is 7.90. The zero-order valence-corrected chi connectivity index (χ0v) is 9.40. The van der Waals surface area contributed by atoms with Gasteiger partial charge in [-0.05, 0) is 30.2 Å². The van der Waals surface area contributed by atoms with Crippen molar-refractivity contribution in [1.29, 1.82) is 0 Å². The summed E-state index contributed by atoms with van der Waals surface area (Å²) in [5.41, 5.74) is 9.92. The maximum atomic E-state index is 3.23. The van der Waals surface area contributed by atoms with Crippen LogP contribution in [0.2, 0.25) is 0 Å². The van der Waals surface area contributed by atoms with Gasteiger partial charge in [0, 0.05) is 0 Å². The number of nitrogens with one attached hydrogen (secondary N) is 2. The number of hydrogen-bond acceptors (Lipinski definition) is 2. The van der Waals surface area contributed by atoms with Gasteiger partial charge in [0.1, 0.15) is 0 Å². The summed E-state index contributed by atoms with van der Waals surface area (Å²) in [4.78, 5) is 0. The zero-order valence-electron chi connectivity index (χ0n) is 9.40. The number of hydrogen-bond donors (Lipinski definition) is 2. The lowest BCUT2D eigenvalue weighted by atomic mass is 10.1. The van der Waals surface area contributed by atoms with E-state index in [9.17, 15) is 0 Å². The molecule has 0 spiro atoms. The number of aryl methyl sites for hydroxylation is 1. The van der Waals surface area contributed by atoms with Crippen LogP contribution in [0.4, 0.5) is 11.4 Å². The number of para-hydroxylation sites is 2. The van der Waals surface area contributed by atoms with Gasteiger partial charge in [0.15, 0.2) is 0 Å². The molecule has 0 aliphatic heterocycles. The Morgan fingerprint density at radius 1 is 0.812 bits per heavy atom. The Kier molecular flexibility index (Phi) is 3.44. The van der Waals surface area contributed by atoms with Crippen LogP contribution in [-0.4, -0.2) is 0 Å². The molecule has 0 radical (unpaired) electrons. The number of anilines is 2. The van der Waals surface area contributed by atoms with Crippen molar-refractivity contribution in [3.8, 4) is 0 Å².